The van der Waals surface area contributed by atoms with E-state index < -0.39 is 0 Å². The number of nitrogens with zero attached hydrogens (tertiary/aromatic N) is 3. The topological polar surface area (TPSA) is 38.1 Å². The molecule has 2 aromatic carbocycles. The Morgan fingerprint density at radius 3 is 2.37 bits per heavy atom. The van der Waals surface area contributed by atoms with Crippen molar-refractivity contribution in [3.63, 3.8) is 0 Å². The van der Waals surface area contributed by atoms with Crippen molar-refractivity contribution < 1.29 is 0 Å². The second-order valence-corrected chi connectivity index (χ2v) is 7.31. The molecule has 27 heavy (non-hydrogen) atoms. The normalized spacial score (nSPS) is 14.3. The van der Waals surface area contributed by atoms with Gasteiger partial charge < -0.3 is 4.90 Å². The zero-order chi connectivity index (χ0) is 18.6. The summed E-state index contributed by atoms with van der Waals surface area (Å²) in [6.45, 7) is 2.61. The minimum absolute atomic E-state index is 0.136. The maximum atomic E-state index is 12.2. The van der Waals surface area contributed by atoms with E-state index >= 15 is 0 Å². The van der Waals surface area contributed by atoms with E-state index in [4.69, 9.17) is 11.6 Å². The molecular formula is C22H22ClN3O. The number of hydrogen-bond acceptors (Lipinski definition) is 3. The number of anilines is 1. The standard InChI is InChI=1S/C22H22ClN3O/c23-20-7-3-2-6-18(20)16-26-22(27)13-12-21(24-26)17-8-10-19(11-9-17)25-14-4-1-5-15-25/h2-3,6-13H,1,4-5,14-16H2. The van der Waals surface area contributed by atoms with Gasteiger partial charge in [0.05, 0.1) is 12.2 Å². The van der Waals surface area contributed by atoms with E-state index in [1.54, 1.807) is 12.1 Å². The van der Waals surface area contributed by atoms with Gasteiger partial charge in [-0.15, -0.1) is 0 Å². The quantitative estimate of drug-likeness (QED) is 0.664. The van der Waals surface area contributed by atoms with E-state index in [0.717, 1.165) is 29.9 Å². The lowest BCUT2D eigenvalue weighted by atomic mass is 10.1. The van der Waals surface area contributed by atoms with Crippen molar-refractivity contribution in [1.82, 2.24) is 9.78 Å². The summed E-state index contributed by atoms with van der Waals surface area (Å²) >= 11 is 6.23. The summed E-state index contributed by atoms with van der Waals surface area (Å²) in [4.78, 5) is 14.7. The number of hydrogen-bond donors (Lipinski definition) is 0. The molecule has 0 spiro atoms. The Morgan fingerprint density at radius 1 is 0.889 bits per heavy atom. The molecule has 1 saturated heterocycles. The molecule has 0 atom stereocenters. The predicted molar refractivity (Wildman–Crippen MR) is 111 cm³/mol. The lowest BCUT2D eigenvalue weighted by Crippen LogP contribution is -2.29. The Balaban J connectivity index is 1.59. The van der Waals surface area contributed by atoms with Gasteiger partial charge in [-0.1, -0.05) is 41.9 Å². The van der Waals surface area contributed by atoms with Gasteiger partial charge in [-0.05, 0) is 49.1 Å². The SMILES string of the molecule is O=c1ccc(-c2ccc(N3CCCCC3)cc2)nn1Cc1ccccc1Cl. The summed E-state index contributed by atoms with van der Waals surface area (Å²) in [6, 6.07) is 19.3. The molecule has 0 amide bonds. The summed E-state index contributed by atoms with van der Waals surface area (Å²) in [5, 5.41) is 5.19. The lowest BCUT2D eigenvalue weighted by molar-refractivity contribution is 0.578. The molecule has 3 aromatic rings. The van der Waals surface area contributed by atoms with Crippen molar-refractivity contribution in [2.24, 2.45) is 0 Å². The van der Waals surface area contributed by atoms with Gasteiger partial charge in [0.1, 0.15) is 0 Å². The van der Waals surface area contributed by atoms with Gasteiger partial charge in [0.15, 0.2) is 0 Å². The van der Waals surface area contributed by atoms with Crippen LogP contribution in [-0.2, 0) is 6.54 Å². The van der Waals surface area contributed by atoms with E-state index in [0.29, 0.717) is 11.6 Å². The van der Waals surface area contributed by atoms with E-state index in [9.17, 15) is 4.79 Å². The Morgan fingerprint density at radius 2 is 1.63 bits per heavy atom. The third kappa shape index (κ3) is 4.06. The summed E-state index contributed by atoms with van der Waals surface area (Å²) < 4.78 is 1.47. The summed E-state index contributed by atoms with van der Waals surface area (Å²) in [7, 11) is 0. The second-order valence-electron chi connectivity index (χ2n) is 6.90. The Kier molecular flexibility index (Phi) is 5.26. The van der Waals surface area contributed by atoms with Crippen LogP contribution in [0.2, 0.25) is 5.02 Å². The largest absolute Gasteiger partial charge is 0.372 e. The van der Waals surface area contributed by atoms with Crippen LogP contribution >= 0.6 is 11.6 Å². The first-order chi connectivity index (χ1) is 13.2. The predicted octanol–water partition coefficient (Wildman–Crippen LogP) is 4.60. The first-order valence-corrected chi connectivity index (χ1v) is 9.75. The van der Waals surface area contributed by atoms with Gasteiger partial charge in [-0.2, -0.15) is 5.10 Å². The Hall–Kier alpha value is -2.59. The molecule has 0 unspecified atom stereocenters. The molecule has 2 heterocycles. The highest BCUT2D eigenvalue weighted by Crippen LogP contribution is 2.24. The second kappa shape index (κ2) is 7.97. The first kappa shape index (κ1) is 17.8. The van der Waals surface area contributed by atoms with E-state index in [-0.39, 0.29) is 5.56 Å². The third-order valence-corrected chi connectivity index (χ3v) is 5.40. The minimum Gasteiger partial charge on any atom is -0.372 e. The monoisotopic (exact) mass is 379 g/mol. The van der Waals surface area contributed by atoms with Crippen molar-refractivity contribution in [2.45, 2.75) is 25.8 Å². The average molecular weight is 380 g/mol. The summed E-state index contributed by atoms with van der Waals surface area (Å²) in [5.41, 5.74) is 3.79. The van der Waals surface area contributed by atoms with Crippen LogP contribution in [0.1, 0.15) is 24.8 Å². The summed E-state index contributed by atoms with van der Waals surface area (Å²) in [5.74, 6) is 0. The Bertz CT molecular complexity index is 975. The molecule has 1 aliphatic rings. The van der Waals surface area contributed by atoms with E-state index in [1.807, 2.05) is 24.3 Å². The molecule has 1 fully saturated rings. The lowest BCUT2D eigenvalue weighted by Gasteiger charge is -2.28. The van der Waals surface area contributed by atoms with Crippen LogP contribution in [0.4, 0.5) is 5.69 Å². The van der Waals surface area contributed by atoms with Crippen LogP contribution in [0.3, 0.4) is 0 Å². The third-order valence-electron chi connectivity index (χ3n) is 5.03. The van der Waals surface area contributed by atoms with Crippen LogP contribution in [-0.4, -0.2) is 22.9 Å². The van der Waals surface area contributed by atoms with Crippen LogP contribution in [0.25, 0.3) is 11.3 Å². The number of halogens is 1. The molecule has 4 nitrogen and oxygen atoms in total. The molecular weight excluding hydrogens is 358 g/mol. The van der Waals surface area contributed by atoms with E-state index in [1.165, 1.54) is 29.6 Å². The molecule has 5 heteroatoms. The summed E-state index contributed by atoms with van der Waals surface area (Å²) in [6.07, 6.45) is 3.85. The van der Waals surface area contributed by atoms with Crippen LogP contribution in [0.5, 0.6) is 0 Å². The van der Waals surface area contributed by atoms with Gasteiger partial charge in [0.25, 0.3) is 5.56 Å². The van der Waals surface area contributed by atoms with Gasteiger partial charge in [-0.3, -0.25) is 4.79 Å². The van der Waals surface area contributed by atoms with Crippen LogP contribution < -0.4 is 10.5 Å². The highest BCUT2D eigenvalue weighted by atomic mass is 35.5. The fourth-order valence-corrected chi connectivity index (χ4v) is 3.69. The molecule has 0 radical (unpaired) electrons. The molecule has 138 valence electrons. The van der Waals surface area contributed by atoms with Gasteiger partial charge in [-0.25, -0.2) is 4.68 Å². The molecule has 0 saturated carbocycles. The maximum absolute atomic E-state index is 12.2. The molecule has 4 rings (SSSR count). The van der Waals surface area contributed by atoms with Crippen molar-refractivity contribution in [3.8, 4) is 11.3 Å². The van der Waals surface area contributed by atoms with Crippen LogP contribution in [0, 0.1) is 0 Å². The highest BCUT2D eigenvalue weighted by molar-refractivity contribution is 6.31. The molecule has 0 bridgehead atoms. The van der Waals surface area contributed by atoms with Crippen molar-refractivity contribution in [2.75, 3.05) is 18.0 Å². The molecule has 1 aromatic heterocycles. The Labute approximate surface area is 164 Å². The van der Waals surface area contributed by atoms with E-state index in [2.05, 4.69) is 34.3 Å². The average Bonchev–Trinajstić information content (AvgIpc) is 2.72. The number of benzene rings is 2. The highest BCUT2D eigenvalue weighted by Gasteiger charge is 2.11. The van der Waals surface area contributed by atoms with Gasteiger partial charge in [0, 0.05) is 35.4 Å². The first-order valence-electron chi connectivity index (χ1n) is 9.38. The number of rotatable bonds is 4. The van der Waals surface area contributed by atoms with Crippen molar-refractivity contribution in [1.29, 1.82) is 0 Å². The minimum atomic E-state index is -0.136. The number of aromatic nitrogens is 2. The van der Waals surface area contributed by atoms with Crippen molar-refractivity contribution >= 4 is 17.3 Å². The fourth-order valence-electron chi connectivity index (χ4n) is 3.50. The zero-order valence-electron chi connectivity index (χ0n) is 15.1. The van der Waals surface area contributed by atoms with Crippen molar-refractivity contribution in [3.05, 3.63) is 81.6 Å². The maximum Gasteiger partial charge on any atom is 0.267 e. The smallest absolute Gasteiger partial charge is 0.267 e. The fraction of sp³-hybridized carbons (Fsp3) is 0.273. The van der Waals surface area contributed by atoms with Gasteiger partial charge in [0.2, 0.25) is 0 Å². The van der Waals surface area contributed by atoms with Crippen LogP contribution in [0.15, 0.2) is 65.5 Å². The number of piperidine rings is 1. The molecule has 0 aliphatic carbocycles. The van der Waals surface area contributed by atoms with Gasteiger partial charge >= 0.3 is 0 Å². The zero-order valence-corrected chi connectivity index (χ0v) is 15.9. The molecule has 0 N–H and O–H groups in total. The molecule has 1 aliphatic heterocycles.